The average Bonchev–Trinajstić information content (AvgIpc) is 3.08. The molecule has 180 valence electrons. The zero-order chi connectivity index (χ0) is 24.7. The molecule has 3 amide bonds. The van der Waals surface area contributed by atoms with Gasteiger partial charge in [0.1, 0.15) is 0 Å². The number of methoxy groups -OCH3 is 2. The van der Waals surface area contributed by atoms with Gasteiger partial charge in [0.05, 0.1) is 12.0 Å². The fraction of sp³-hybridized carbons (Fsp3) is 0.292. The molecule has 0 bridgehead atoms. The first kappa shape index (κ1) is 25.8. The molecular formula is C24H25BrN2O6S. The number of halogens is 1. The van der Waals surface area contributed by atoms with Crippen LogP contribution in [0.1, 0.15) is 17.5 Å². The van der Waals surface area contributed by atoms with Gasteiger partial charge in [-0.3, -0.25) is 19.3 Å². The van der Waals surface area contributed by atoms with Crippen molar-refractivity contribution in [3.8, 4) is 11.5 Å². The molecule has 0 aromatic heterocycles. The van der Waals surface area contributed by atoms with E-state index in [1.807, 2.05) is 31.2 Å². The zero-order valence-electron chi connectivity index (χ0n) is 19.1. The van der Waals surface area contributed by atoms with Gasteiger partial charge in [0, 0.05) is 30.4 Å². The number of carbonyl (C=O) groups excluding carboxylic acids is 3. The molecule has 3 rings (SSSR count). The normalized spacial score (nSPS) is 14.6. The van der Waals surface area contributed by atoms with Crippen LogP contribution in [0.2, 0.25) is 0 Å². The highest BCUT2D eigenvalue weighted by atomic mass is 79.9. The number of rotatable bonds is 10. The van der Waals surface area contributed by atoms with Crippen molar-refractivity contribution < 1.29 is 28.6 Å². The van der Waals surface area contributed by atoms with Gasteiger partial charge in [-0.15, -0.1) is 0 Å². The van der Waals surface area contributed by atoms with Crippen LogP contribution in [0.25, 0.3) is 6.08 Å². The van der Waals surface area contributed by atoms with E-state index in [-0.39, 0.29) is 23.7 Å². The lowest BCUT2D eigenvalue weighted by Crippen LogP contribution is -2.29. The van der Waals surface area contributed by atoms with Crippen LogP contribution < -0.4 is 14.8 Å². The molecule has 1 heterocycles. The first-order chi connectivity index (χ1) is 16.3. The van der Waals surface area contributed by atoms with Gasteiger partial charge in [0.15, 0.2) is 18.1 Å². The molecule has 0 radical (unpaired) electrons. The number of carbonyl (C=O) groups is 3. The molecule has 34 heavy (non-hydrogen) atoms. The van der Waals surface area contributed by atoms with E-state index in [2.05, 4.69) is 21.2 Å². The number of nitrogens with zero attached hydrogens (tertiary/aromatic N) is 1. The Balaban J connectivity index is 1.69. The standard InChI is InChI=1S/C24H25BrN2O6S/c1-15-5-7-17(8-6-15)26-22(28)14-33-20-13-18(25)16(11-19(20)32-3)12-21-23(29)27(24(30)34-21)9-4-10-31-2/h5-8,11-13H,4,9-10,14H2,1-3H3,(H,26,28)/b21-12+. The lowest BCUT2D eigenvalue weighted by atomic mass is 10.2. The second-order valence-electron chi connectivity index (χ2n) is 7.41. The van der Waals surface area contributed by atoms with Gasteiger partial charge in [-0.25, -0.2) is 0 Å². The number of ether oxygens (including phenoxy) is 3. The van der Waals surface area contributed by atoms with E-state index in [0.717, 1.165) is 17.3 Å². The number of imide groups is 1. The lowest BCUT2D eigenvalue weighted by molar-refractivity contribution is -0.123. The lowest BCUT2D eigenvalue weighted by Gasteiger charge is -2.13. The third-order valence-electron chi connectivity index (χ3n) is 4.87. The van der Waals surface area contributed by atoms with Crippen LogP contribution in [-0.2, 0) is 14.3 Å². The maximum atomic E-state index is 12.7. The van der Waals surface area contributed by atoms with Gasteiger partial charge >= 0.3 is 0 Å². The molecule has 1 aliphatic rings. The van der Waals surface area contributed by atoms with E-state index < -0.39 is 0 Å². The summed E-state index contributed by atoms with van der Waals surface area (Å²) in [5.41, 5.74) is 2.41. The molecular weight excluding hydrogens is 524 g/mol. The smallest absolute Gasteiger partial charge is 0.293 e. The van der Waals surface area contributed by atoms with Gasteiger partial charge in [-0.05, 0) is 61.0 Å². The summed E-state index contributed by atoms with van der Waals surface area (Å²) in [6, 6.07) is 10.8. The number of hydrogen-bond donors (Lipinski definition) is 1. The highest BCUT2D eigenvalue weighted by Crippen LogP contribution is 2.38. The predicted octanol–water partition coefficient (Wildman–Crippen LogP) is 4.86. The maximum absolute atomic E-state index is 12.7. The van der Waals surface area contributed by atoms with Crippen molar-refractivity contribution in [2.24, 2.45) is 0 Å². The summed E-state index contributed by atoms with van der Waals surface area (Å²) in [6.07, 6.45) is 2.20. The van der Waals surface area contributed by atoms with E-state index in [9.17, 15) is 14.4 Å². The Labute approximate surface area is 210 Å². The Morgan fingerprint density at radius 3 is 2.56 bits per heavy atom. The number of benzene rings is 2. The Kier molecular flexibility index (Phi) is 9.14. The SMILES string of the molecule is COCCCN1C(=O)S/C(=C/c2cc(OC)c(OCC(=O)Nc3ccc(C)cc3)cc2Br)C1=O. The highest BCUT2D eigenvalue weighted by molar-refractivity contribution is 9.10. The summed E-state index contributed by atoms with van der Waals surface area (Å²) < 4.78 is 16.7. The molecule has 1 N–H and O–H groups in total. The second-order valence-corrected chi connectivity index (χ2v) is 9.25. The van der Waals surface area contributed by atoms with Crippen LogP contribution in [0.5, 0.6) is 11.5 Å². The second kappa shape index (κ2) is 12.0. The molecule has 0 saturated carbocycles. The van der Waals surface area contributed by atoms with Crippen molar-refractivity contribution >= 4 is 56.5 Å². The summed E-state index contributed by atoms with van der Waals surface area (Å²) in [5.74, 6) is 0.0912. The largest absolute Gasteiger partial charge is 0.493 e. The van der Waals surface area contributed by atoms with Crippen molar-refractivity contribution in [2.75, 3.05) is 39.3 Å². The number of thioether (sulfide) groups is 1. The molecule has 10 heteroatoms. The molecule has 2 aromatic rings. The third-order valence-corrected chi connectivity index (χ3v) is 6.46. The predicted molar refractivity (Wildman–Crippen MR) is 135 cm³/mol. The molecule has 0 aliphatic carbocycles. The van der Waals surface area contributed by atoms with Gasteiger partial charge in [-0.2, -0.15) is 0 Å². The topological polar surface area (TPSA) is 94.2 Å². The molecule has 0 unspecified atom stereocenters. The first-order valence-corrected chi connectivity index (χ1v) is 12.0. The van der Waals surface area contributed by atoms with Crippen molar-refractivity contribution in [1.29, 1.82) is 0 Å². The van der Waals surface area contributed by atoms with Crippen LogP contribution in [0.3, 0.4) is 0 Å². The fourth-order valence-corrected chi connectivity index (χ4v) is 4.40. The van der Waals surface area contributed by atoms with Crippen LogP contribution in [-0.4, -0.2) is 55.9 Å². The van der Waals surface area contributed by atoms with E-state index >= 15 is 0 Å². The van der Waals surface area contributed by atoms with Crippen LogP contribution in [0.15, 0.2) is 45.8 Å². The van der Waals surface area contributed by atoms with Crippen molar-refractivity contribution in [2.45, 2.75) is 13.3 Å². The summed E-state index contributed by atoms with van der Waals surface area (Å²) in [4.78, 5) is 38.7. The number of aryl methyl sites for hydroxylation is 1. The molecule has 2 aromatic carbocycles. The van der Waals surface area contributed by atoms with Crippen LogP contribution >= 0.6 is 27.7 Å². The summed E-state index contributed by atoms with van der Waals surface area (Å²) in [5, 5.41) is 2.46. The average molecular weight is 549 g/mol. The van der Waals surface area contributed by atoms with Gasteiger partial charge in [0.2, 0.25) is 0 Å². The quantitative estimate of drug-likeness (QED) is 0.334. The molecule has 1 saturated heterocycles. The Morgan fingerprint density at radius 1 is 1.15 bits per heavy atom. The minimum atomic E-state index is -0.343. The fourth-order valence-electron chi connectivity index (χ4n) is 3.11. The number of hydrogen-bond acceptors (Lipinski definition) is 7. The maximum Gasteiger partial charge on any atom is 0.293 e. The Hall–Kier alpha value is -2.82. The van der Waals surface area contributed by atoms with Gasteiger partial charge in [-0.1, -0.05) is 33.6 Å². The van der Waals surface area contributed by atoms with Crippen molar-refractivity contribution in [3.05, 3.63) is 56.9 Å². The van der Waals surface area contributed by atoms with E-state index in [4.69, 9.17) is 14.2 Å². The summed E-state index contributed by atoms with van der Waals surface area (Å²) in [7, 11) is 3.05. The monoisotopic (exact) mass is 548 g/mol. The minimum Gasteiger partial charge on any atom is -0.493 e. The van der Waals surface area contributed by atoms with Gasteiger partial charge in [0.25, 0.3) is 17.1 Å². The zero-order valence-corrected chi connectivity index (χ0v) is 21.5. The number of amides is 3. The molecule has 1 fully saturated rings. The third kappa shape index (κ3) is 6.62. The number of nitrogens with one attached hydrogen (secondary N) is 1. The minimum absolute atomic E-state index is 0.212. The molecule has 0 spiro atoms. The van der Waals surface area contributed by atoms with Crippen LogP contribution in [0.4, 0.5) is 10.5 Å². The Morgan fingerprint density at radius 2 is 1.88 bits per heavy atom. The van der Waals surface area contributed by atoms with E-state index in [1.165, 1.54) is 12.0 Å². The Bertz CT molecular complexity index is 1100. The van der Waals surface area contributed by atoms with Crippen molar-refractivity contribution in [1.82, 2.24) is 4.90 Å². The molecule has 1 aliphatic heterocycles. The highest BCUT2D eigenvalue weighted by Gasteiger charge is 2.34. The molecule has 8 nitrogen and oxygen atoms in total. The van der Waals surface area contributed by atoms with E-state index in [1.54, 1.807) is 25.3 Å². The summed E-state index contributed by atoms with van der Waals surface area (Å²) in [6.45, 7) is 2.53. The van der Waals surface area contributed by atoms with Gasteiger partial charge < -0.3 is 19.5 Å². The number of anilines is 1. The summed E-state index contributed by atoms with van der Waals surface area (Å²) >= 11 is 4.36. The van der Waals surface area contributed by atoms with E-state index in [0.29, 0.717) is 51.7 Å². The first-order valence-electron chi connectivity index (χ1n) is 10.4. The van der Waals surface area contributed by atoms with Crippen molar-refractivity contribution in [3.63, 3.8) is 0 Å². The molecule has 0 atom stereocenters. The van der Waals surface area contributed by atoms with Crippen LogP contribution in [0, 0.1) is 6.92 Å².